The lowest BCUT2D eigenvalue weighted by molar-refractivity contribution is -0.137. The molecule has 2 aromatic heterocycles. The van der Waals surface area contributed by atoms with Crippen LogP contribution in [0.3, 0.4) is 0 Å². The molecule has 0 spiro atoms. The topological polar surface area (TPSA) is 101 Å². The summed E-state index contributed by atoms with van der Waals surface area (Å²) in [4.78, 5) is 12.6. The third-order valence-electron chi connectivity index (χ3n) is 4.82. The van der Waals surface area contributed by atoms with E-state index < -0.39 is 21.8 Å². The normalized spacial score (nSPS) is 14.5. The predicted octanol–water partition coefficient (Wildman–Crippen LogP) is 5.38. The first-order valence-electron chi connectivity index (χ1n) is 9.78. The molecule has 12 heteroatoms. The highest BCUT2D eigenvalue weighted by Gasteiger charge is 2.31. The Hall–Kier alpha value is -3.12. The molecule has 0 aliphatic heterocycles. The summed E-state index contributed by atoms with van der Waals surface area (Å²) in [7, 11) is -3.99. The van der Waals surface area contributed by atoms with E-state index in [-0.39, 0.29) is 21.7 Å². The molecular weight excluding hydrogens is 479 g/mol. The molecule has 33 heavy (non-hydrogen) atoms. The smallest absolute Gasteiger partial charge is 0.354 e. The van der Waals surface area contributed by atoms with Crippen LogP contribution in [0.2, 0.25) is 0 Å². The SMILES string of the molecule is Cc1noc(/C=C/c2ccc(S(=O)(=O)Nc3ccc(C(F)(F)F)cc3)s2)c1NC(=O)C1CC1. The van der Waals surface area contributed by atoms with Crippen LogP contribution < -0.4 is 10.0 Å². The maximum atomic E-state index is 12.7. The lowest BCUT2D eigenvalue weighted by atomic mass is 10.2. The van der Waals surface area contributed by atoms with Crippen molar-refractivity contribution in [2.45, 2.75) is 30.2 Å². The molecule has 0 radical (unpaired) electrons. The predicted molar refractivity (Wildman–Crippen MR) is 118 cm³/mol. The number of hydrogen-bond donors (Lipinski definition) is 2. The Morgan fingerprint density at radius 1 is 1.15 bits per heavy atom. The van der Waals surface area contributed by atoms with Gasteiger partial charge in [-0.25, -0.2) is 8.42 Å². The zero-order valence-corrected chi connectivity index (χ0v) is 18.8. The molecule has 4 rings (SSSR count). The second-order valence-corrected chi connectivity index (χ2v) is 10.5. The average Bonchev–Trinajstić information content (AvgIpc) is 3.39. The molecule has 1 amide bonds. The van der Waals surface area contributed by atoms with E-state index in [4.69, 9.17) is 4.52 Å². The fourth-order valence-corrected chi connectivity index (χ4v) is 5.17. The molecule has 2 heterocycles. The van der Waals surface area contributed by atoms with Crippen LogP contribution in [-0.4, -0.2) is 19.5 Å². The average molecular weight is 498 g/mol. The second kappa shape index (κ2) is 8.67. The summed E-state index contributed by atoms with van der Waals surface area (Å²) in [6.07, 6.45) is 0.403. The number of hydrogen-bond acceptors (Lipinski definition) is 6. The van der Waals surface area contributed by atoms with Gasteiger partial charge in [-0.15, -0.1) is 11.3 Å². The zero-order valence-electron chi connectivity index (χ0n) is 17.1. The highest BCUT2D eigenvalue weighted by Crippen LogP contribution is 2.33. The molecular formula is C21H18F3N3O4S2. The van der Waals surface area contributed by atoms with Gasteiger partial charge in [0.05, 0.1) is 5.56 Å². The van der Waals surface area contributed by atoms with Crippen LogP contribution >= 0.6 is 11.3 Å². The van der Waals surface area contributed by atoms with Crippen molar-refractivity contribution in [3.63, 3.8) is 0 Å². The maximum absolute atomic E-state index is 12.7. The van der Waals surface area contributed by atoms with Gasteiger partial charge in [-0.05, 0) is 68.3 Å². The summed E-state index contributed by atoms with van der Waals surface area (Å²) in [5.41, 5.74) is 0.140. The number of carbonyl (C=O) groups excluding carboxylic acids is 1. The molecule has 3 aromatic rings. The summed E-state index contributed by atoms with van der Waals surface area (Å²) in [5.74, 6) is 0.260. The Labute approximate surface area is 191 Å². The number of nitrogens with one attached hydrogen (secondary N) is 2. The number of sulfonamides is 1. The zero-order chi connectivity index (χ0) is 23.8. The maximum Gasteiger partial charge on any atom is 0.416 e. The fourth-order valence-electron chi connectivity index (χ4n) is 2.88. The number of alkyl halides is 3. The van der Waals surface area contributed by atoms with Crippen LogP contribution in [0.5, 0.6) is 0 Å². The van der Waals surface area contributed by atoms with Crippen LogP contribution in [0, 0.1) is 12.8 Å². The molecule has 0 unspecified atom stereocenters. The van der Waals surface area contributed by atoms with Gasteiger partial charge >= 0.3 is 6.18 Å². The number of halogens is 3. The number of benzene rings is 1. The number of aryl methyl sites for hydroxylation is 1. The van der Waals surface area contributed by atoms with E-state index >= 15 is 0 Å². The first kappa shape index (κ1) is 23.1. The van der Waals surface area contributed by atoms with E-state index in [1.165, 1.54) is 6.07 Å². The van der Waals surface area contributed by atoms with Gasteiger partial charge in [-0.2, -0.15) is 13.2 Å². The van der Waals surface area contributed by atoms with Crippen LogP contribution in [0.4, 0.5) is 24.5 Å². The second-order valence-electron chi connectivity index (χ2n) is 7.44. The van der Waals surface area contributed by atoms with Gasteiger partial charge < -0.3 is 9.84 Å². The molecule has 1 aromatic carbocycles. The Bertz CT molecular complexity index is 1310. The lowest BCUT2D eigenvalue weighted by Crippen LogP contribution is -2.14. The number of amides is 1. The van der Waals surface area contributed by atoms with Crippen LogP contribution in [0.15, 0.2) is 45.1 Å². The third kappa shape index (κ3) is 5.45. The van der Waals surface area contributed by atoms with Crippen LogP contribution in [0.1, 0.15) is 34.7 Å². The lowest BCUT2D eigenvalue weighted by Gasteiger charge is -2.09. The van der Waals surface area contributed by atoms with E-state index in [0.717, 1.165) is 48.4 Å². The number of carbonyl (C=O) groups is 1. The summed E-state index contributed by atoms with van der Waals surface area (Å²) < 4.78 is 70.7. The summed E-state index contributed by atoms with van der Waals surface area (Å²) in [6, 6.07) is 6.68. The molecule has 0 saturated heterocycles. The van der Waals surface area contributed by atoms with Crippen molar-refractivity contribution in [1.82, 2.24) is 5.16 Å². The summed E-state index contributed by atoms with van der Waals surface area (Å²) in [5, 5.41) is 6.67. The third-order valence-corrected chi connectivity index (χ3v) is 7.74. The van der Waals surface area contributed by atoms with Crippen molar-refractivity contribution in [1.29, 1.82) is 0 Å². The number of rotatable bonds is 7. The summed E-state index contributed by atoms with van der Waals surface area (Å²) in [6.45, 7) is 1.70. The van der Waals surface area contributed by atoms with Crippen molar-refractivity contribution >= 4 is 50.8 Å². The molecule has 1 aliphatic rings. The quantitative estimate of drug-likeness (QED) is 0.456. The van der Waals surface area contributed by atoms with Crippen LogP contribution in [0.25, 0.3) is 12.2 Å². The minimum Gasteiger partial charge on any atom is -0.354 e. The first-order chi connectivity index (χ1) is 15.5. The molecule has 7 nitrogen and oxygen atoms in total. The Kier molecular flexibility index (Phi) is 6.06. The Morgan fingerprint density at radius 3 is 2.48 bits per heavy atom. The highest BCUT2D eigenvalue weighted by molar-refractivity contribution is 7.94. The summed E-state index contributed by atoms with van der Waals surface area (Å²) >= 11 is 0.960. The molecule has 1 aliphatic carbocycles. The number of aromatic nitrogens is 1. The van der Waals surface area contributed by atoms with Crippen molar-refractivity contribution in [2.24, 2.45) is 5.92 Å². The van der Waals surface area contributed by atoms with E-state index in [0.29, 0.717) is 22.0 Å². The van der Waals surface area contributed by atoms with Crippen molar-refractivity contribution in [3.05, 3.63) is 58.3 Å². The van der Waals surface area contributed by atoms with Gasteiger partial charge in [0.1, 0.15) is 15.6 Å². The van der Waals surface area contributed by atoms with Gasteiger partial charge in [0, 0.05) is 16.5 Å². The van der Waals surface area contributed by atoms with E-state index in [1.54, 1.807) is 25.1 Å². The Balaban J connectivity index is 1.46. The van der Waals surface area contributed by atoms with Gasteiger partial charge in [-0.3, -0.25) is 9.52 Å². The molecule has 174 valence electrons. The highest BCUT2D eigenvalue weighted by atomic mass is 32.2. The standard InChI is InChI=1S/C21H18F3N3O4S2/c1-12-19(25-20(28)13-2-3-13)17(31-26-12)10-8-16-9-11-18(32-16)33(29,30)27-15-6-4-14(5-7-15)21(22,23)24/h4-11,13,27H,2-3H2,1H3,(H,25,28)/b10-8+. The fraction of sp³-hybridized carbons (Fsp3) is 0.238. The Morgan fingerprint density at radius 2 is 1.85 bits per heavy atom. The number of nitrogens with zero attached hydrogens (tertiary/aromatic N) is 1. The van der Waals surface area contributed by atoms with Gasteiger partial charge in [0.15, 0.2) is 5.76 Å². The van der Waals surface area contributed by atoms with Gasteiger partial charge in [0.25, 0.3) is 10.0 Å². The minimum atomic E-state index is -4.50. The van der Waals surface area contributed by atoms with E-state index in [2.05, 4.69) is 15.2 Å². The van der Waals surface area contributed by atoms with Crippen molar-refractivity contribution in [2.75, 3.05) is 10.0 Å². The number of thiophene rings is 1. The van der Waals surface area contributed by atoms with Gasteiger partial charge in [-0.1, -0.05) is 5.16 Å². The van der Waals surface area contributed by atoms with E-state index in [9.17, 15) is 26.4 Å². The first-order valence-corrected chi connectivity index (χ1v) is 12.1. The van der Waals surface area contributed by atoms with E-state index in [1.807, 2.05) is 0 Å². The molecule has 1 saturated carbocycles. The molecule has 0 bridgehead atoms. The monoisotopic (exact) mass is 497 g/mol. The molecule has 0 atom stereocenters. The number of anilines is 2. The van der Waals surface area contributed by atoms with Crippen molar-refractivity contribution < 1.29 is 30.9 Å². The molecule has 2 N–H and O–H groups in total. The largest absolute Gasteiger partial charge is 0.416 e. The minimum absolute atomic E-state index is 0.0124. The van der Waals surface area contributed by atoms with Gasteiger partial charge in [0.2, 0.25) is 5.91 Å². The van der Waals surface area contributed by atoms with Crippen molar-refractivity contribution in [3.8, 4) is 0 Å². The molecule has 1 fully saturated rings. The van der Waals surface area contributed by atoms with Crippen LogP contribution in [-0.2, 0) is 21.0 Å².